The minimum Gasteiger partial charge on any atom is -0.468 e. The molecular formula is C12H15F2NO2. The molecule has 0 aliphatic carbocycles. The third-order valence-corrected chi connectivity index (χ3v) is 2.43. The van der Waals surface area contributed by atoms with Gasteiger partial charge in [0.05, 0.1) is 7.11 Å². The quantitative estimate of drug-likeness (QED) is 0.822. The summed E-state index contributed by atoms with van der Waals surface area (Å²) in [5.41, 5.74) is -0.626. The average molecular weight is 243 g/mol. The van der Waals surface area contributed by atoms with Crippen molar-refractivity contribution in [1.82, 2.24) is 5.32 Å². The molecule has 5 heteroatoms. The van der Waals surface area contributed by atoms with Gasteiger partial charge in [0.2, 0.25) is 0 Å². The Hall–Kier alpha value is -1.49. The third kappa shape index (κ3) is 3.49. The molecule has 17 heavy (non-hydrogen) atoms. The second kappa shape index (κ2) is 5.23. The molecule has 0 saturated heterocycles. The summed E-state index contributed by atoms with van der Waals surface area (Å²) in [7, 11) is 1.28. The molecule has 1 aromatic rings. The SMILES string of the molecule is COC(=O)C(C)(C)NCc1ccc(F)cc1F. The number of rotatable bonds is 4. The van der Waals surface area contributed by atoms with Crippen LogP contribution in [0.2, 0.25) is 0 Å². The smallest absolute Gasteiger partial charge is 0.325 e. The van der Waals surface area contributed by atoms with E-state index in [4.69, 9.17) is 0 Å². The Morgan fingerprint density at radius 1 is 1.41 bits per heavy atom. The van der Waals surface area contributed by atoms with Crippen LogP contribution in [0, 0.1) is 11.6 Å². The summed E-state index contributed by atoms with van der Waals surface area (Å²) < 4.78 is 30.6. The lowest BCUT2D eigenvalue weighted by Crippen LogP contribution is -2.47. The van der Waals surface area contributed by atoms with Crippen LogP contribution in [0.1, 0.15) is 19.4 Å². The highest BCUT2D eigenvalue weighted by Gasteiger charge is 2.27. The average Bonchev–Trinajstić information content (AvgIpc) is 2.26. The molecule has 0 bridgehead atoms. The highest BCUT2D eigenvalue weighted by Crippen LogP contribution is 2.12. The zero-order chi connectivity index (χ0) is 13.1. The van der Waals surface area contributed by atoms with E-state index in [1.165, 1.54) is 19.2 Å². The topological polar surface area (TPSA) is 38.3 Å². The summed E-state index contributed by atoms with van der Waals surface area (Å²) in [5, 5.41) is 2.85. The number of methoxy groups -OCH3 is 1. The van der Waals surface area contributed by atoms with Crippen molar-refractivity contribution in [2.24, 2.45) is 0 Å². The van der Waals surface area contributed by atoms with Gasteiger partial charge < -0.3 is 4.74 Å². The van der Waals surface area contributed by atoms with E-state index in [2.05, 4.69) is 10.1 Å². The first-order chi connectivity index (χ1) is 7.86. The molecule has 1 N–H and O–H groups in total. The molecule has 0 heterocycles. The van der Waals surface area contributed by atoms with Crippen molar-refractivity contribution in [3.8, 4) is 0 Å². The van der Waals surface area contributed by atoms with Gasteiger partial charge in [-0.25, -0.2) is 8.78 Å². The van der Waals surface area contributed by atoms with Gasteiger partial charge in [0.15, 0.2) is 0 Å². The van der Waals surface area contributed by atoms with Gasteiger partial charge in [0, 0.05) is 18.2 Å². The van der Waals surface area contributed by atoms with Crippen molar-refractivity contribution in [2.45, 2.75) is 25.9 Å². The van der Waals surface area contributed by atoms with Crippen molar-refractivity contribution in [3.05, 3.63) is 35.4 Å². The van der Waals surface area contributed by atoms with Crippen LogP contribution < -0.4 is 5.32 Å². The first-order valence-corrected chi connectivity index (χ1v) is 5.14. The number of hydrogen-bond donors (Lipinski definition) is 1. The number of nitrogens with one attached hydrogen (secondary N) is 1. The Labute approximate surface area is 98.8 Å². The second-order valence-corrected chi connectivity index (χ2v) is 4.21. The third-order valence-electron chi connectivity index (χ3n) is 2.43. The van der Waals surface area contributed by atoms with E-state index in [1.54, 1.807) is 13.8 Å². The maximum Gasteiger partial charge on any atom is 0.325 e. The molecular weight excluding hydrogens is 228 g/mol. The van der Waals surface area contributed by atoms with Gasteiger partial charge >= 0.3 is 5.97 Å². The number of ether oxygens (including phenoxy) is 1. The fourth-order valence-corrected chi connectivity index (χ4v) is 1.31. The van der Waals surface area contributed by atoms with Crippen LogP contribution in [-0.2, 0) is 16.1 Å². The lowest BCUT2D eigenvalue weighted by molar-refractivity contribution is -0.147. The van der Waals surface area contributed by atoms with Gasteiger partial charge in [0.1, 0.15) is 17.2 Å². The van der Waals surface area contributed by atoms with Crippen LogP contribution in [0.25, 0.3) is 0 Å². The second-order valence-electron chi connectivity index (χ2n) is 4.21. The van der Waals surface area contributed by atoms with Crippen molar-refractivity contribution in [1.29, 1.82) is 0 Å². The van der Waals surface area contributed by atoms with E-state index < -0.39 is 23.1 Å². The molecule has 0 saturated carbocycles. The summed E-state index contributed by atoms with van der Waals surface area (Å²) in [6.07, 6.45) is 0. The molecule has 0 radical (unpaired) electrons. The van der Waals surface area contributed by atoms with Crippen molar-refractivity contribution in [3.63, 3.8) is 0 Å². The lowest BCUT2D eigenvalue weighted by Gasteiger charge is -2.23. The Bertz CT molecular complexity index is 419. The molecule has 1 aromatic carbocycles. The van der Waals surface area contributed by atoms with Gasteiger partial charge in [-0.05, 0) is 19.9 Å². The highest BCUT2D eigenvalue weighted by molar-refractivity contribution is 5.79. The maximum atomic E-state index is 13.3. The van der Waals surface area contributed by atoms with Gasteiger partial charge in [-0.3, -0.25) is 10.1 Å². The Morgan fingerprint density at radius 2 is 2.06 bits per heavy atom. The number of carbonyl (C=O) groups excluding carboxylic acids is 1. The fourth-order valence-electron chi connectivity index (χ4n) is 1.31. The molecule has 1 rings (SSSR count). The van der Waals surface area contributed by atoms with Crippen LogP contribution >= 0.6 is 0 Å². The van der Waals surface area contributed by atoms with E-state index in [0.29, 0.717) is 5.56 Å². The Morgan fingerprint density at radius 3 is 2.59 bits per heavy atom. The van der Waals surface area contributed by atoms with Crippen LogP contribution in [0.4, 0.5) is 8.78 Å². The molecule has 3 nitrogen and oxygen atoms in total. The summed E-state index contributed by atoms with van der Waals surface area (Å²) in [5.74, 6) is -1.71. The first kappa shape index (κ1) is 13.6. The number of benzene rings is 1. The van der Waals surface area contributed by atoms with Gasteiger partial charge in [-0.2, -0.15) is 0 Å². The number of hydrogen-bond acceptors (Lipinski definition) is 3. The molecule has 0 unspecified atom stereocenters. The number of carbonyl (C=O) groups is 1. The number of halogens is 2. The molecule has 0 amide bonds. The molecule has 0 fully saturated rings. The lowest BCUT2D eigenvalue weighted by atomic mass is 10.1. The molecule has 0 atom stereocenters. The van der Waals surface area contributed by atoms with E-state index >= 15 is 0 Å². The summed E-state index contributed by atoms with van der Waals surface area (Å²) in [4.78, 5) is 11.4. The minimum atomic E-state index is -0.921. The molecule has 0 spiro atoms. The van der Waals surface area contributed by atoms with Crippen LogP contribution in [0.3, 0.4) is 0 Å². The Kier molecular flexibility index (Phi) is 4.17. The summed E-state index contributed by atoms with van der Waals surface area (Å²) in [6, 6.07) is 3.32. The molecule has 0 aromatic heterocycles. The van der Waals surface area contributed by atoms with Crippen LogP contribution in [0.15, 0.2) is 18.2 Å². The van der Waals surface area contributed by atoms with E-state index in [9.17, 15) is 13.6 Å². The molecule has 94 valence electrons. The standard InChI is InChI=1S/C12H15F2NO2/c1-12(2,11(16)17-3)15-7-8-4-5-9(13)6-10(8)14/h4-6,15H,7H2,1-3H3. The summed E-state index contributed by atoms with van der Waals surface area (Å²) >= 11 is 0. The fraction of sp³-hybridized carbons (Fsp3) is 0.417. The van der Waals surface area contributed by atoms with E-state index in [0.717, 1.165) is 6.07 Å². The molecule has 0 aliphatic rings. The maximum absolute atomic E-state index is 13.3. The summed E-state index contributed by atoms with van der Waals surface area (Å²) in [6.45, 7) is 3.37. The van der Waals surface area contributed by atoms with E-state index in [-0.39, 0.29) is 6.54 Å². The zero-order valence-electron chi connectivity index (χ0n) is 10.0. The predicted molar refractivity (Wildman–Crippen MR) is 59.3 cm³/mol. The van der Waals surface area contributed by atoms with Gasteiger partial charge in [-0.1, -0.05) is 6.07 Å². The Balaban J connectivity index is 2.70. The van der Waals surface area contributed by atoms with Crippen molar-refractivity contribution < 1.29 is 18.3 Å². The van der Waals surface area contributed by atoms with E-state index in [1.807, 2.05) is 0 Å². The zero-order valence-corrected chi connectivity index (χ0v) is 10.0. The minimum absolute atomic E-state index is 0.119. The predicted octanol–water partition coefficient (Wildman–Crippen LogP) is 2.01. The molecule has 0 aliphatic heterocycles. The van der Waals surface area contributed by atoms with Crippen molar-refractivity contribution in [2.75, 3.05) is 7.11 Å². The normalized spacial score (nSPS) is 11.4. The largest absolute Gasteiger partial charge is 0.468 e. The van der Waals surface area contributed by atoms with Gasteiger partial charge in [-0.15, -0.1) is 0 Å². The van der Waals surface area contributed by atoms with Crippen LogP contribution in [0.5, 0.6) is 0 Å². The van der Waals surface area contributed by atoms with Crippen LogP contribution in [-0.4, -0.2) is 18.6 Å². The monoisotopic (exact) mass is 243 g/mol. The number of esters is 1. The first-order valence-electron chi connectivity index (χ1n) is 5.14. The van der Waals surface area contributed by atoms with Gasteiger partial charge in [0.25, 0.3) is 0 Å². The van der Waals surface area contributed by atoms with Crippen molar-refractivity contribution >= 4 is 5.97 Å². The highest BCUT2D eigenvalue weighted by atomic mass is 19.1.